The third-order valence-electron chi connectivity index (χ3n) is 4.39. The number of rotatable bonds is 5. The van der Waals surface area contributed by atoms with Gasteiger partial charge in [-0.15, -0.1) is 0 Å². The standard InChI is InChI=1S/C17H25N3O2/c21-17(22-13-14-7-3-1-4-8-14)18-15-11-16(12-15)19-20-9-5-2-6-10-20/h1,3-4,7-8,15-16,19H,2,5-6,9-13H2,(H,18,21). The smallest absolute Gasteiger partial charge is 0.407 e. The Bertz CT molecular complexity index is 468. The van der Waals surface area contributed by atoms with Gasteiger partial charge in [-0.3, -0.25) is 5.43 Å². The molecular weight excluding hydrogens is 278 g/mol. The van der Waals surface area contributed by atoms with Crippen molar-refractivity contribution in [1.82, 2.24) is 15.8 Å². The lowest BCUT2D eigenvalue weighted by molar-refractivity contribution is 0.0792. The molecule has 1 amide bonds. The number of nitrogens with one attached hydrogen (secondary N) is 2. The first-order valence-electron chi connectivity index (χ1n) is 8.28. The monoisotopic (exact) mass is 303 g/mol. The molecular formula is C17H25N3O2. The fraction of sp³-hybridized carbons (Fsp3) is 0.588. The molecule has 3 rings (SSSR count). The summed E-state index contributed by atoms with van der Waals surface area (Å²) in [5, 5.41) is 5.27. The summed E-state index contributed by atoms with van der Waals surface area (Å²) >= 11 is 0. The van der Waals surface area contributed by atoms with Gasteiger partial charge in [0.15, 0.2) is 0 Å². The molecule has 1 aliphatic carbocycles. The molecule has 1 saturated carbocycles. The molecule has 1 aliphatic heterocycles. The lowest BCUT2D eigenvalue weighted by atomic mass is 9.87. The first-order valence-corrected chi connectivity index (χ1v) is 8.28. The number of ether oxygens (including phenoxy) is 1. The number of carbonyl (C=O) groups is 1. The Morgan fingerprint density at radius 3 is 2.55 bits per heavy atom. The van der Waals surface area contributed by atoms with Crippen LogP contribution in [-0.2, 0) is 11.3 Å². The minimum atomic E-state index is -0.315. The van der Waals surface area contributed by atoms with Crippen LogP contribution in [0.15, 0.2) is 30.3 Å². The Morgan fingerprint density at radius 1 is 1.09 bits per heavy atom. The van der Waals surface area contributed by atoms with Gasteiger partial charge < -0.3 is 10.1 Å². The van der Waals surface area contributed by atoms with E-state index in [2.05, 4.69) is 15.8 Å². The van der Waals surface area contributed by atoms with Gasteiger partial charge in [0.25, 0.3) is 0 Å². The summed E-state index contributed by atoms with van der Waals surface area (Å²) in [5.41, 5.74) is 4.57. The number of hydrogen-bond donors (Lipinski definition) is 2. The Kier molecular flexibility index (Phi) is 5.29. The predicted octanol–water partition coefficient (Wildman–Crippen LogP) is 2.43. The van der Waals surface area contributed by atoms with Crippen LogP contribution in [-0.4, -0.2) is 36.3 Å². The number of carbonyl (C=O) groups excluding carboxylic acids is 1. The molecule has 1 saturated heterocycles. The minimum absolute atomic E-state index is 0.241. The average molecular weight is 303 g/mol. The topological polar surface area (TPSA) is 53.6 Å². The van der Waals surface area contributed by atoms with E-state index in [0.29, 0.717) is 12.6 Å². The SMILES string of the molecule is O=C(NC1CC(NN2CCCCC2)C1)OCc1ccccc1. The molecule has 5 heteroatoms. The number of hydrogen-bond acceptors (Lipinski definition) is 4. The quantitative estimate of drug-likeness (QED) is 0.877. The van der Waals surface area contributed by atoms with E-state index >= 15 is 0 Å². The highest BCUT2D eigenvalue weighted by Crippen LogP contribution is 2.21. The first kappa shape index (κ1) is 15.3. The normalized spacial score (nSPS) is 25.3. The Morgan fingerprint density at radius 2 is 1.82 bits per heavy atom. The van der Waals surface area contributed by atoms with Crippen LogP contribution in [0.25, 0.3) is 0 Å². The van der Waals surface area contributed by atoms with Crippen molar-refractivity contribution < 1.29 is 9.53 Å². The molecule has 22 heavy (non-hydrogen) atoms. The minimum Gasteiger partial charge on any atom is -0.445 e. The zero-order chi connectivity index (χ0) is 15.2. The Labute approximate surface area is 132 Å². The lowest BCUT2D eigenvalue weighted by Crippen LogP contribution is -2.57. The van der Waals surface area contributed by atoms with Crippen LogP contribution in [0.1, 0.15) is 37.7 Å². The number of piperidine rings is 1. The summed E-state index contributed by atoms with van der Waals surface area (Å²) in [7, 11) is 0. The van der Waals surface area contributed by atoms with Crippen LogP contribution in [0, 0.1) is 0 Å². The van der Waals surface area contributed by atoms with Gasteiger partial charge in [-0.25, -0.2) is 9.80 Å². The fourth-order valence-corrected chi connectivity index (χ4v) is 3.05. The van der Waals surface area contributed by atoms with Gasteiger partial charge in [-0.05, 0) is 31.2 Å². The molecule has 0 spiro atoms. The van der Waals surface area contributed by atoms with Crippen molar-refractivity contribution in [3.8, 4) is 0 Å². The second-order valence-electron chi connectivity index (χ2n) is 6.25. The van der Waals surface area contributed by atoms with E-state index in [9.17, 15) is 4.79 Å². The van der Waals surface area contributed by atoms with E-state index in [1.807, 2.05) is 30.3 Å². The van der Waals surface area contributed by atoms with Crippen LogP contribution in [0.3, 0.4) is 0 Å². The van der Waals surface area contributed by atoms with Crippen LogP contribution in [0.4, 0.5) is 4.79 Å². The maximum atomic E-state index is 11.8. The van der Waals surface area contributed by atoms with Crippen molar-refractivity contribution in [1.29, 1.82) is 0 Å². The molecule has 0 unspecified atom stereocenters. The average Bonchev–Trinajstić information content (AvgIpc) is 2.53. The molecule has 0 bridgehead atoms. The van der Waals surface area contributed by atoms with E-state index in [0.717, 1.165) is 31.5 Å². The van der Waals surface area contributed by atoms with Crippen molar-refractivity contribution in [2.24, 2.45) is 0 Å². The summed E-state index contributed by atoms with van der Waals surface area (Å²) in [6.07, 6.45) is 5.57. The van der Waals surface area contributed by atoms with E-state index in [4.69, 9.17) is 4.74 Å². The molecule has 0 atom stereocenters. The van der Waals surface area contributed by atoms with Gasteiger partial charge in [0.2, 0.25) is 0 Å². The van der Waals surface area contributed by atoms with E-state index < -0.39 is 0 Å². The van der Waals surface area contributed by atoms with Crippen LogP contribution in [0.5, 0.6) is 0 Å². The van der Waals surface area contributed by atoms with Crippen molar-refractivity contribution >= 4 is 6.09 Å². The molecule has 2 N–H and O–H groups in total. The van der Waals surface area contributed by atoms with Crippen molar-refractivity contribution in [2.75, 3.05) is 13.1 Å². The van der Waals surface area contributed by atoms with E-state index in [-0.39, 0.29) is 12.1 Å². The Balaban J connectivity index is 1.29. The third-order valence-corrected chi connectivity index (χ3v) is 4.39. The zero-order valence-electron chi connectivity index (χ0n) is 13.0. The highest BCUT2D eigenvalue weighted by atomic mass is 16.5. The second kappa shape index (κ2) is 7.61. The summed E-state index contributed by atoms with van der Waals surface area (Å²) in [6, 6.07) is 10.5. The molecule has 1 heterocycles. The largest absolute Gasteiger partial charge is 0.445 e. The molecule has 0 aromatic heterocycles. The number of benzene rings is 1. The molecule has 2 aliphatic rings. The van der Waals surface area contributed by atoms with Crippen LogP contribution in [0.2, 0.25) is 0 Å². The summed E-state index contributed by atoms with van der Waals surface area (Å²) in [5.74, 6) is 0. The number of hydrazine groups is 1. The summed E-state index contributed by atoms with van der Waals surface area (Å²) in [4.78, 5) is 11.8. The van der Waals surface area contributed by atoms with Crippen LogP contribution < -0.4 is 10.7 Å². The maximum absolute atomic E-state index is 11.8. The molecule has 2 fully saturated rings. The lowest BCUT2D eigenvalue weighted by Gasteiger charge is -2.40. The summed E-state index contributed by atoms with van der Waals surface area (Å²) < 4.78 is 5.24. The van der Waals surface area contributed by atoms with Gasteiger partial charge >= 0.3 is 6.09 Å². The van der Waals surface area contributed by atoms with Gasteiger partial charge in [-0.1, -0.05) is 36.8 Å². The van der Waals surface area contributed by atoms with Crippen molar-refractivity contribution in [3.63, 3.8) is 0 Å². The zero-order valence-corrected chi connectivity index (χ0v) is 13.0. The number of nitrogens with zero attached hydrogens (tertiary/aromatic N) is 1. The number of amides is 1. The van der Waals surface area contributed by atoms with Crippen molar-refractivity contribution in [2.45, 2.75) is 50.8 Å². The van der Waals surface area contributed by atoms with Crippen molar-refractivity contribution in [3.05, 3.63) is 35.9 Å². The first-order chi connectivity index (χ1) is 10.8. The van der Waals surface area contributed by atoms with E-state index in [1.54, 1.807) is 0 Å². The Hall–Kier alpha value is -1.59. The highest BCUT2D eigenvalue weighted by Gasteiger charge is 2.31. The van der Waals surface area contributed by atoms with Gasteiger partial charge in [-0.2, -0.15) is 0 Å². The molecule has 120 valence electrons. The van der Waals surface area contributed by atoms with Gasteiger partial charge in [0, 0.05) is 25.2 Å². The predicted molar refractivity (Wildman–Crippen MR) is 85.1 cm³/mol. The molecule has 0 radical (unpaired) electrons. The maximum Gasteiger partial charge on any atom is 0.407 e. The summed E-state index contributed by atoms with van der Waals surface area (Å²) in [6.45, 7) is 2.62. The van der Waals surface area contributed by atoms with E-state index in [1.165, 1.54) is 19.3 Å². The second-order valence-corrected chi connectivity index (χ2v) is 6.25. The fourth-order valence-electron chi connectivity index (χ4n) is 3.05. The molecule has 5 nitrogen and oxygen atoms in total. The number of alkyl carbamates (subject to hydrolysis) is 1. The van der Waals surface area contributed by atoms with Gasteiger partial charge in [0.05, 0.1) is 0 Å². The third kappa shape index (κ3) is 4.45. The molecule has 1 aromatic rings. The molecule has 1 aromatic carbocycles. The highest BCUT2D eigenvalue weighted by molar-refractivity contribution is 5.67. The van der Waals surface area contributed by atoms with Crippen LogP contribution >= 0.6 is 0 Å². The van der Waals surface area contributed by atoms with Gasteiger partial charge in [0.1, 0.15) is 6.61 Å².